The largest absolute Gasteiger partial charge is 0.456 e. The van der Waals surface area contributed by atoms with Crippen LogP contribution in [0.3, 0.4) is 0 Å². The fourth-order valence-electron chi connectivity index (χ4n) is 3.15. The summed E-state index contributed by atoms with van der Waals surface area (Å²) in [6.45, 7) is -0.0297. The van der Waals surface area contributed by atoms with Gasteiger partial charge in [-0.3, -0.25) is 9.20 Å². The maximum Gasteiger partial charge on any atom is 0.331 e. The van der Waals surface area contributed by atoms with E-state index in [2.05, 4.69) is 4.98 Å². The molecule has 0 amide bonds. The van der Waals surface area contributed by atoms with Crippen molar-refractivity contribution in [1.82, 2.24) is 9.38 Å². The number of nitrogens with zero attached hydrogens (tertiary/aromatic N) is 2. The maximum absolute atomic E-state index is 12.5. The van der Waals surface area contributed by atoms with Crippen molar-refractivity contribution in [3.8, 4) is 0 Å². The SMILES string of the molecule is O=C(/C=C/c1ccc(Cl)cc1)OCc1cc(=O)n2c3c(sc2n1)CCCC3. The van der Waals surface area contributed by atoms with Crippen molar-refractivity contribution in [3.63, 3.8) is 0 Å². The van der Waals surface area contributed by atoms with Gasteiger partial charge in [-0.2, -0.15) is 0 Å². The Bertz CT molecular complexity index is 1080. The smallest absolute Gasteiger partial charge is 0.331 e. The lowest BCUT2D eigenvalue weighted by molar-refractivity contribution is -0.139. The summed E-state index contributed by atoms with van der Waals surface area (Å²) in [5.74, 6) is -0.488. The van der Waals surface area contributed by atoms with Crippen LogP contribution >= 0.6 is 22.9 Å². The Labute approximate surface area is 164 Å². The van der Waals surface area contributed by atoms with Crippen LogP contribution in [0.15, 0.2) is 41.2 Å². The molecule has 0 saturated heterocycles. The second kappa shape index (κ2) is 7.66. The van der Waals surface area contributed by atoms with E-state index in [1.54, 1.807) is 46.1 Å². The Hall–Kier alpha value is -2.44. The van der Waals surface area contributed by atoms with E-state index in [1.165, 1.54) is 17.0 Å². The molecule has 0 saturated carbocycles. The van der Waals surface area contributed by atoms with E-state index < -0.39 is 5.97 Å². The number of carbonyl (C=O) groups excluding carboxylic acids is 1. The molecule has 2 aromatic heterocycles. The van der Waals surface area contributed by atoms with Gasteiger partial charge >= 0.3 is 5.97 Å². The van der Waals surface area contributed by atoms with E-state index in [0.29, 0.717) is 15.7 Å². The number of ether oxygens (including phenoxy) is 1. The monoisotopic (exact) mass is 400 g/mol. The number of thiazole rings is 1. The van der Waals surface area contributed by atoms with Gasteiger partial charge in [0.15, 0.2) is 4.96 Å². The van der Waals surface area contributed by atoms with Gasteiger partial charge in [0.05, 0.1) is 5.69 Å². The van der Waals surface area contributed by atoms with Gasteiger partial charge in [0.1, 0.15) is 6.61 Å². The molecule has 2 heterocycles. The molecule has 1 aromatic carbocycles. The van der Waals surface area contributed by atoms with Crippen LogP contribution in [0.1, 0.15) is 34.7 Å². The van der Waals surface area contributed by atoms with Gasteiger partial charge in [0.2, 0.25) is 0 Å². The fourth-order valence-corrected chi connectivity index (χ4v) is 4.51. The van der Waals surface area contributed by atoms with Gasteiger partial charge in [-0.25, -0.2) is 9.78 Å². The molecule has 3 aromatic rings. The highest BCUT2D eigenvalue weighted by Crippen LogP contribution is 2.28. The molecule has 0 unspecified atom stereocenters. The van der Waals surface area contributed by atoms with Crippen molar-refractivity contribution in [1.29, 1.82) is 0 Å². The molecule has 0 fully saturated rings. The highest BCUT2D eigenvalue weighted by Gasteiger charge is 2.18. The first kappa shape index (κ1) is 17.9. The molecule has 0 aliphatic heterocycles. The molecular weight excluding hydrogens is 384 g/mol. The zero-order chi connectivity index (χ0) is 18.8. The predicted molar refractivity (Wildman–Crippen MR) is 106 cm³/mol. The molecule has 0 radical (unpaired) electrons. The molecule has 27 heavy (non-hydrogen) atoms. The Morgan fingerprint density at radius 1 is 1.26 bits per heavy atom. The van der Waals surface area contributed by atoms with Gasteiger partial charge < -0.3 is 4.74 Å². The second-order valence-corrected chi connectivity index (χ2v) is 7.87. The number of hydrogen-bond acceptors (Lipinski definition) is 5. The minimum absolute atomic E-state index is 0.0297. The Morgan fingerprint density at radius 2 is 2.04 bits per heavy atom. The van der Waals surface area contributed by atoms with E-state index in [1.807, 2.05) is 0 Å². The predicted octanol–water partition coefficient (Wildman–Crippen LogP) is 4.04. The van der Waals surface area contributed by atoms with Crippen LogP contribution in [-0.4, -0.2) is 15.4 Å². The summed E-state index contributed by atoms with van der Waals surface area (Å²) >= 11 is 7.39. The van der Waals surface area contributed by atoms with Crippen molar-refractivity contribution >= 4 is 39.9 Å². The van der Waals surface area contributed by atoms with Crippen LogP contribution in [0, 0.1) is 0 Å². The third-order valence-electron chi connectivity index (χ3n) is 4.46. The topological polar surface area (TPSA) is 60.7 Å². The molecule has 4 rings (SSSR count). The quantitative estimate of drug-likeness (QED) is 0.489. The van der Waals surface area contributed by atoms with Gasteiger partial charge in [-0.1, -0.05) is 23.7 Å². The Balaban J connectivity index is 1.46. The molecule has 7 heteroatoms. The fraction of sp³-hybridized carbons (Fsp3) is 0.250. The van der Waals surface area contributed by atoms with E-state index in [0.717, 1.165) is 36.9 Å². The molecule has 0 atom stereocenters. The molecular formula is C20H17ClN2O3S. The van der Waals surface area contributed by atoms with E-state index in [4.69, 9.17) is 16.3 Å². The number of carbonyl (C=O) groups is 1. The van der Waals surface area contributed by atoms with Crippen molar-refractivity contribution < 1.29 is 9.53 Å². The molecule has 5 nitrogen and oxygen atoms in total. The molecule has 138 valence electrons. The third-order valence-corrected chi connectivity index (χ3v) is 5.85. The normalized spacial score (nSPS) is 13.8. The summed E-state index contributed by atoms with van der Waals surface area (Å²) in [7, 11) is 0. The summed E-state index contributed by atoms with van der Waals surface area (Å²) in [6, 6.07) is 8.56. The van der Waals surface area contributed by atoms with Crippen LogP contribution in [0.2, 0.25) is 5.02 Å². The highest BCUT2D eigenvalue weighted by atomic mass is 35.5. The number of benzene rings is 1. The first-order valence-corrected chi connectivity index (χ1v) is 9.93. The van der Waals surface area contributed by atoms with Gasteiger partial charge in [-0.15, -0.1) is 11.3 Å². The minimum Gasteiger partial charge on any atom is -0.456 e. The lowest BCUT2D eigenvalue weighted by Gasteiger charge is -2.10. The number of rotatable bonds is 4. The summed E-state index contributed by atoms with van der Waals surface area (Å²) in [5, 5.41) is 0.637. The average Bonchev–Trinajstić information content (AvgIpc) is 3.05. The number of hydrogen-bond donors (Lipinski definition) is 0. The molecule has 0 N–H and O–H groups in total. The number of aromatic nitrogens is 2. The molecule has 1 aliphatic carbocycles. The van der Waals surface area contributed by atoms with Crippen LogP contribution in [0.4, 0.5) is 0 Å². The van der Waals surface area contributed by atoms with Gasteiger partial charge in [0.25, 0.3) is 5.56 Å². The standard InChI is InChI=1S/C20H17ClN2O3S/c21-14-8-5-13(6-9-14)7-10-19(25)26-12-15-11-18(24)23-16-3-1-2-4-17(16)27-20(23)22-15/h5-11H,1-4,12H2/b10-7+. The Kier molecular flexibility index (Phi) is 5.09. The van der Waals surface area contributed by atoms with Crippen molar-refractivity contribution in [3.05, 3.63) is 73.6 Å². The third kappa shape index (κ3) is 3.96. The summed E-state index contributed by atoms with van der Waals surface area (Å²) in [5.41, 5.74) is 2.29. The molecule has 0 bridgehead atoms. The number of halogens is 1. The van der Waals surface area contributed by atoms with Crippen LogP contribution < -0.4 is 5.56 Å². The zero-order valence-corrected chi connectivity index (χ0v) is 16.1. The maximum atomic E-state index is 12.5. The van der Waals surface area contributed by atoms with Crippen molar-refractivity contribution in [2.45, 2.75) is 32.3 Å². The van der Waals surface area contributed by atoms with Crippen LogP contribution in [0.25, 0.3) is 11.0 Å². The highest BCUT2D eigenvalue weighted by molar-refractivity contribution is 7.17. The lowest BCUT2D eigenvalue weighted by Crippen LogP contribution is -2.18. The van der Waals surface area contributed by atoms with Crippen molar-refractivity contribution in [2.24, 2.45) is 0 Å². The van der Waals surface area contributed by atoms with Crippen LogP contribution in [-0.2, 0) is 29.0 Å². The first-order chi connectivity index (χ1) is 13.1. The number of esters is 1. The van der Waals surface area contributed by atoms with Gasteiger partial charge in [0, 0.05) is 27.7 Å². The number of aryl methyl sites for hydroxylation is 2. The molecule has 1 aliphatic rings. The van der Waals surface area contributed by atoms with E-state index >= 15 is 0 Å². The van der Waals surface area contributed by atoms with Crippen LogP contribution in [0.5, 0.6) is 0 Å². The second-order valence-electron chi connectivity index (χ2n) is 6.38. The first-order valence-electron chi connectivity index (χ1n) is 8.74. The summed E-state index contributed by atoms with van der Waals surface area (Å²) < 4.78 is 6.92. The summed E-state index contributed by atoms with van der Waals surface area (Å²) in [4.78, 5) is 30.8. The van der Waals surface area contributed by atoms with Crippen molar-refractivity contribution in [2.75, 3.05) is 0 Å². The average molecular weight is 401 g/mol. The Morgan fingerprint density at radius 3 is 2.85 bits per heavy atom. The minimum atomic E-state index is -0.488. The summed E-state index contributed by atoms with van der Waals surface area (Å²) in [6.07, 6.45) is 7.17. The van der Waals surface area contributed by atoms with E-state index in [-0.39, 0.29) is 12.2 Å². The van der Waals surface area contributed by atoms with Gasteiger partial charge in [-0.05, 0) is 49.5 Å². The lowest BCUT2D eigenvalue weighted by atomic mass is 10.0. The number of fused-ring (bicyclic) bond motifs is 3. The zero-order valence-electron chi connectivity index (χ0n) is 14.5. The van der Waals surface area contributed by atoms with E-state index in [9.17, 15) is 9.59 Å². The molecule has 0 spiro atoms.